The molecule has 0 fully saturated rings. The van der Waals surface area contributed by atoms with Crippen LogP contribution in [0.15, 0.2) is 54.6 Å². The van der Waals surface area contributed by atoms with Crippen LogP contribution in [0.4, 0.5) is 11.4 Å². The van der Waals surface area contributed by atoms with E-state index in [2.05, 4.69) is 5.32 Å². The van der Waals surface area contributed by atoms with Gasteiger partial charge in [-0.2, -0.15) is 5.26 Å². The zero-order chi connectivity index (χ0) is 18.9. The maximum atomic E-state index is 11.8. The number of benzene rings is 2. The third-order valence-electron chi connectivity index (χ3n) is 3.20. The molecule has 130 valence electrons. The Morgan fingerprint density at radius 1 is 1.19 bits per heavy atom. The lowest BCUT2D eigenvalue weighted by Gasteiger charge is -2.06. The van der Waals surface area contributed by atoms with Gasteiger partial charge >= 0.3 is 5.97 Å². The lowest BCUT2D eigenvalue weighted by molar-refractivity contribution is -0.385. The van der Waals surface area contributed by atoms with Gasteiger partial charge in [0.2, 0.25) is 0 Å². The molecule has 0 aliphatic heterocycles. The summed E-state index contributed by atoms with van der Waals surface area (Å²) >= 11 is 0. The standard InChI is InChI=1S/C18H13N3O5/c19-11-14-6-1-3-7-15(14)20-17(22)12-26-18(23)10-9-13-5-2-4-8-16(13)21(24)25/h1-10H,12H2,(H,20,22)/b10-9+. The fraction of sp³-hybridized carbons (Fsp3) is 0.0556. The van der Waals surface area contributed by atoms with Crippen LogP contribution in [-0.2, 0) is 14.3 Å². The number of nitro groups is 1. The highest BCUT2D eigenvalue weighted by atomic mass is 16.6. The molecule has 8 nitrogen and oxygen atoms in total. The summed E-state index contributed by atoms with van der Waals surface area (Å²) in [7, 11) is 0. The van der Waals surface area contributed by atoms with Crippen molar-refractivity contribution >= 4 is 29.3 Å². The molecule has 2 aromatic carbocycles. The summed E-state index contributed by atoms with van der Waals surface area (Å²) in [5, 5.41) is 22.3. The van der Waals surface area contributed by atoms with Gasteiger partial charge in [0.25, 0.3) is 11.6 Å². The van der Waals surface area contributed by atoms with E-state index in [0.717, 1.165) is 6.08 Å². The topological polar surface area (TPSA) is 122 Å². The zero-order valence-corrected chi connectivity index (χ0v) is 13.4. The molecule has 2 aromatic rings. The summed E-state index contributed by atoms with van der Waals surface area (Å²) in [6.45, 7) is -0.556. The molecular formula is C18H13N3O5. The van der Waals surface area contributed by atoms with Crippen LogP contribution in [0.25, 0.3) is 6.08 Å². The van der Waals surface area contributed by atoms with E-state index in [0.29, 0.717) is 5.69 Å². The Morgan fingerprint density at radius 2 is 1.88 bits per heavy atom. The van der Waals surface area contributed by atoms with Crippen molar-refractivity contribution in [2.75, 3.05) is 11.9 Å². The Kier molecular flexibility index (Phi) is 6.17. The van der Waals surface area contributed by atoms with Crippen LogP contribution in [0.5, 0.6) is 0 Å². The third-order valence-corrected chi connectivity index (χ3v) is 3.20. The molecule has 0 aliphatic rings. The van der Waals surface area contributed by atoms with Gasteiger partial charge in [0.1, 0.15) is 6.07 Å². The van der Waals surface area contributed by atoms with Gasteiger partial charge in [-0.15, -0.1) is 0 Å². The van der Waals surface area contributed by atoms with Crippen LogP contribution in [-0.4, -0.2) is 23.4 Å². The maximum Gasteiger partial charge on any atom is 0.331 e. The highest BCUT2D eigenvalue weighted by Crippen LogP contribution is 2.19. The molecule has 0 spiro atoms. The van der Waals surface area contributed by atoms with Crippen molar-refractivity contribution in [2.24, 2.45) is 0 Å². The van der Waals surface area contributed by atoms with Crippen LogP contribution in [0.3, 0.4) is 0 Å². The maximum absolute atomic E-state index is 11.8. The molecule has 0 atom stereocenters. The number of para-hydroxylation sites is 2. The lowest BCUT2D eigenvalue weighted by Crippen LogP contribution is -2.20. The molecule has 0 radical (unpaired) electrons. The number of esters is 1. The molecule has 0 heterocycles. The number of anilines is 1. The van der Waals surface area contributed by atoms with E-state index in [1.807, 2.05) is 6.07 Å². The third kappa shape index (κ3) is 5.01. The van der Waals surface area contributed by atoms with E-state index in [-0.39, 0.29) is 16.8 Å². The molecule has 1 amide bonds. The van der Waals surface area contributed by atoms with Gasteiger partial charge in [0.15, 0.2) is 6.61 Å². The second-order valence-electron chi connectivity index (χ2n) is 4.96. The number of ether oxygens (including phenoxy) is 1. The first-order valence-corrected chi connectivity index (χ1v) is 7.38. The van der Waals surface area contributed by atoms with Crippen LogP contribution in [0.1, 0.15) is 11.1 Å². The highest BCUT2D eigenvalue weighted by Gasteiger charge is 2.11. The molecule has 8 heteroatoms. The predicted molar refractivity (Wildman–Crippen MR) is 92.9 cm³/mol. The van der Waals surface area contributed by atoms with Gasteiger partial charge in [0.05, 0.1) is 21.7 Å². The number of amides is 1. The number of nitrogens with one attached hydrogen (secondary N) is 1. The molecule has 2 rings (SSSR count). The molecule has 0 unspecified atom stereocenters. The molecule has 0 aliphatic carbocycles. The van der Waals surface area contributed by atoms with Crippen LogP contribution < -0.4 is 5.32 Å². The molecule has 0 saturated carbocycles. The summed E-state index contributed by atoms with van der Waals surface area (Å²) in [4.78, 5) is 33.8. The first-order chi connectivity index (χ1) is 12.5. The van der Waals surface area contributed by atoms with E-state index in [9.17, 15) is 19.7 Å². The van der Waals surface area contributed by atoms with Gasteiger partial charge < -0.3 is 10.1 Å². The zero-order valence-electron chi connectivity index (χ0n) is 13.4. The minimum atomic E-state index is -0.827. The molecule has 0 bridgehead atoms. The van der Waals surface area contributed by atoms with E-state index >= 15 is 0 Å². The van der Waals surface area contributed by atoms with Gasteiger partial charge in [0, 0.05) is 12.1 Å². The van der Waals surface area contributed by atoms with Crippen LogP contribution in [0.2, 0.25) is 0 Å². The van der Waals surface area contributed by atoms with Crippen molar-refractivity contribution in [1.29, 1.82) is 5.26 Å². The smallest absolute Gasteiger partial charge is 0.331 e. The summed E-state index contributed by atoms with van der Waals surface area (Å²) in [6, 6.07) is 14.2. The quantitative estimate of drug-likeness (QED) is 0.369. The molecule has 0 aromatic heterocycles. The minimum Gasteiger partial charge on any atom is -0.452 e. The monoisotopic (exact) mass is 351 g/mol. The normalized spacial score (nSPS) is 10.1. The van der Waals surface area contributed by atoms with Crippen molar-refractivity contribution in [3.05, 3.63) is 75.8 Å². The summed E-state index contributed by atoms with van der Waals surface area (Å²) in [5.74, 6) is -1.44. The van der Waals surface area contributed by atoms with Crippen molar-refractivity contribution in [1.82, 2.24) is 0 Å². The molecule has 0 saturated heterocycles. The Hall–Kier alpha value is -3.99. The number of carbonyl (C=O) groups is 2. The Morgan fingerprint density at radius 3 is 2.62 bits per heavy atom. The Labute approximate surface area is 148 Å². The Bertz CT molecular complexity index is 915. The van der Waals surface area contributed by atoms with E-state index in [1.165, 1.54) is 30.3 Å². The largest absolute Gasteiger partial charge is 0.452 e. The summed E-state index contributed by atoms with van der Waals surface area (Å²) < 4.78 is 4.78. The second kappa shape index (κ2) is 8.75. The lowest BCUT2D eigenvalue weighted by atomic mass is 10.1. The van der Waals surface area contributed by atoms with Gasteiger partial charge in [-0.05, 0) is 24.3 Å². The number of nitrogens with zero attached hydrogens (tertiary/aromatic N) is 2. The summed E-state index contributed by atoms with van der Waals surface area (Å²) in [6.07, 6.45) is 2.24. The number of hydrogen-bond donors (Lipinski definition) is 1. The second-order valence-corrected chi connectivity index (χ2v) is 4.96. The number of hydrogen-bond acceptors (Lipinski definition) is 6. The predicted octanol–water partition coefficient (Wildman–Crippen LogP) is 2.66. The van der Waals surface area contributed by atoms with Gasteiger partial charge in [-0.1, -0.05) is 24.3 Å². The van der Waals surface area contributed by atoms with Gasteiger partial charge in [-0.3, -0.25) is 14.9 Å². The van der Waals surface area contributed by atoms with Crippen molar-refractivity contribution in [3.8, 4) is 6.07 Å². The molecular weight excluding hydrogens is 338 g/mol. The average molecular weight is 351 g/mol. The van der Waals surface area contributed by atoms with Crippen LogP contribution in [0, 0.1) is 21.4 Å². The van der Waals surface area contributed by atoms with Crippen molar-refractivity contribution in [3.63, 3.8) is 0 Å². The Balaban J connectivity index is 1.92. The fourth-order valence-electron chi connectivity index (χ4n) is 2.01. The van der Waals surface area contributed by atoms with Crippen molar-refractivity contribution < 1.29 is 19.2 Å². The van der Waals surface area contributed by atoms with E-state index in [4.69, 9.17) is 10.00 Å². The average Bonchev–Trinajstić information content (AvgIpc) is 2.65. The fourth-order valence-corrected chi connectivity index (χ4v) is 2.01. The molecule has 1 N–H and O–H groups in total. The van der Waals surface area contributed by atoms with E-state index < -0.39 is 23.4 Å². The highest BCUT2D eigenvalue weighted by molar-refractivity contribution is 5.95. The van der Waals surface area contributed by atoms with Gasteiger partial charge in [-0.25, -0.2) is 4.79 Å². The minimum absolute atomic E-state index is 0.151. The first-order valence-electron chi connectivity index (χ1n) is 7.38. The van der Waals surface area contributed by atoms with E-state index in [1.54, 1.807) is 24.3 Å². The van der Waals surface area contributed by atoms with Crippen molar-refractivity contribution in [2.45, 2.75) is 0 Å². The number of rotatable bonds is 6. The number of carbonyl (C=O) groups excluding carboxylic acids is 2. The number of nitriles is 1. The first kappa shape index (κ1) is 18.4. The molecule has 26 heavy (non-hydrogen) atoms. The van der Waals surface area contributed by atoms with Crippen LogP contribution >= 0.6 is 0 Å². The SMILES string of the molecule is N#Cc1ccccc1NC(=O)COC(=O)/C=C/c1ccccc1[N+](=O)[O-]. The summed E-state index contributed by atoms with van der Waals surface area (Å²) in [5.41, 5.74) is 0.680. The number of nitro benzene ring substituents is 1.